The molecule has 1 saturated heterocycles. The third kappa shape index (κ3) is 3.09. The summed E-state index contributed by atoms with van der Waals surface area (Å²) in [5.41, 5.74) is 7.00. The van der Waals surface area contributed by atoms with Crippen molar-refractivity contribution in [3.63, 3.8) is 0 Å². The molecule has 2 unspecified atom stereocenters. The maximum Gasteiger partial charge on any atom is 0.243 e. The monoisotopic (exact) mass is 352 g/mol. The minimum absolute atomic E-state index is 0.00798. The zero-order valence-corrected chi connectivity index (χ0v) is 14.5. The molecule has 2 atom stereocenters. The summed E-state index contributed by atoms with van der Waals surface area (Å²) >= 11 is 0. The summed E-state index contributed by atoms with van der Waals surface area (Å²) < 4.78 is 42.8. The number of piperidine rings is 1. The second-order valence-electron chi connectivity index (χ2n) is 6.32. The first-order valence-corrected chi connectivity index (χ1v) is 9.31. The highest BCUT2D eigenvalue weighted by Gasteiger charge is 2.33. The fourth-order valence-corrected chi connectivity index (χ4v) is 4.73. The van der Waals surface area contributed by atoms with Gasteiger partial charge in [0.2, 0.25) is 10.0 Å². The summed E-state index contributed by atoms with van der Waals surface area (Å²) in [5.74, 6) is -0.625. The lowest BCUT2D eigenvalue weighted by molar-refractivity contribution is 0.247. The van der Waals surface area contributed by atoms with E-state index in [1.54, 1.807) is 12.4 Å². The molecule has 3 rings (SSSR count). The van der Waals surface area contributed by atoms with Crippen LogP contribution in [0.5, 0.6) is 0 Å². The summed E-state index contributed by atoms with van der Waals surface area (Å²) in [4.78, 5) is -0.0463. The second-order valence-corrected chi connectivity index (χ2v) is 8.22. The van der Waals surface area contributed by atoms with E-state index < -0.39 is 15.8 Å². The van der Waals surface area contributed by atoms with Crippen molar-refractivity contribution in [3.05, 3.63) is 42.0 Å². The Kier molecular flexibility index (Phi) is 4.46. The Bertz CT molecular complexity index is 850. The summed E-state index contributed by atoms with van der Waals surface area (Å²) in [6.45, 7) is 4.03. The van der Waals surface area contributed by atoms with E-state index in [9.17, 15) is 12.8 Å². The molecule has 0 amide bonds. The van der Waals surface area contributed by atoms with Gasteiger partial charge in [-0.15, -0.1) is 0 Å². The van der Waals surface area contributed by atoms with Gasteiger partial charge in [-0.2, -0.15) is 9.40 Å². The molecular weight excluding hydrogens is 331 g/mol. The third-order valence-corrected chi connectivity index (χ3v) is 6.35. The van der Waals surface area contributed by atoms with Crippen LogP contribution in [0.15, 0.2) is 35.5 Å². The van der Waals surface area contributed by atoms with Crippen LogP contribution >= 0.6 is 0 Å². The molecule has 2 heterocycles. The zero-order chi connectivity index (χ0) is 17.5. The summed E-state index contributed by atoms with van der Waals surface area (Å²) in [6.07, 6.45) is 4.51. The van der Waals surface area contributed by atoms with E-state index in [2.05, 4.69) is 5.10 Å². The fraction of sp³-hybridized carbons (Fsp3) is 0.438. The van der Waals surface area contributed by atoms with Gasteiger partial charge < -0.3 is 5.73 Å². The highest BCUT2D eigenvalue weighted by atomic mass is 32.2. The average Bonchev–Trinajstić information content (AvgIpc) is 2.93. The van der Waals surface area contributed by atoms with E-state index in [1.165, 1.54) is 21.1 Å². The Labute approximate surface area is 141 Å². The van der Waals surface area contributed by atoms with Crippen LogP contribution in [0.2, 0.25) is 0 Å². The first-order valence-electron chi connectivity index (χ1n) is 7.87. The van der Waals surface area contributed by atoms with Gasteiger partial charge in [-0.1, -0.05) is 0 Å². The molecule has 0 spiro atoms. The number of aryl methyl sites for hydroxylation is 1. The molecule has 1 aromatic carbocycles. The molecule has 0 bridgehead atoms. The molecule has 130 valence electrons. The molecule has 1 fully saturated rings. The Balaban J connectivity index is 1.93. The van der Waals surface area contributed by atoms with Gasteiger partial charge in [0.25, 0.3) is 0 Å². The number of benzene rings is 1. The number of hydrogen-bond donors (Lipinski definition) is 1. The maximum atomic E-state index is 14.4. The van der Waals surface area contributed by atoms with Gasteiger partial charge in [-0.3, -0.25) is 0 Å². The van der Waals surface area contributed by atoms with Gasteiger partial charge in [0.1, 0.15) is 11.5 Å². The fourth-order valence-electron chi connectivity index (χ4n) is 3.06. The smallest absolute Gasteiger partial charge is 0.243 e. The first-order chi connectivity index (χ1) is 11.3. The van der Waals surface area contributed by atoms with E-state index >= 15 is 0 Å². The van der Waals surface area contributed by atoms with Crippen molar-refractivity contribution in [3.8, 4) is 5.69 Å². The van der Waals surface area contributed by atoms with Crippen LogP contribution in [0, 0.1) is 12.7 Å². The van der Waals surface area contributed by atoms with Crippen LogP contribution in [-0.2, 0) is 10.0 Å². The Hall–Kier alpha value is -1.77. The van der Waals surface area contributed by atoms with Crippen LogP contribution < -0.4 is 5.73 Å². The number of aromatic nitrogens is 2. The third-order valence-electron chi connectivity index (χ3n) is 4.34. The van der Waals surface area contributed by atoms with Crippen molar-refractivity contribution in [1.82, 2.24) is 14.1 Å². The predicted molar refractivity (Wildman–Crippen MR) is 88.8 cm³/mol. The molecule has 1 aliphatic heterocycles. The second kappa shape index (κ2) is 6.27. The lowest BCUT2D eigenvalue weighted by Crippen LogP contribution is -2.48. The van der Waals surface area contributed by atoms with Crippen molar-refractivity contribution >= 4 is 10.0 Å². The van der Waals surface area contributed by atoms with Crippen LogP contribution in [0.1, 0.15) is 25.3 Å². The maximum absolute atomic E-state index is 14.4. The van der Waals surface area contributed by atoms with Gasteiger partial charge in [-0.25, -0.2) is 17.5 Å². The Morgan fingerprint density at radius 3 is 2.71 bits per heavy atom. The highest BCUT2D eigenvalue weighted by Crippen LogP contribution is 2.26. The predicted octanol–water partition coefficient (Wildman–Crippen LogP) is 1.82. The van der Waals surface area contributed by atoms with Gasteiger partial charge in [0.15, 0.2) is 0 Å². The molecule has 8 heteroatoms. The molecule has 6 nitrogen and oxygen atoms in total. The normalized spacial score (nSPS) is 22.7. The van der Waals surface area contributed by atoms with E-state index in [0.717, 1.165) is 11.6 Å². The average molecular weight is 352 g/mol. The molecule has 0 aliphatic carbocycles. The Morgan fingerprint density at radius 1 is 1.38 bits per heavy atom. The minimum atomic E-state index is -3.74. The van der Waals surface area contributed by atoms with Crippen LogP contribution in [0.4, 0.5) is 4.39 Å². The molecule has 1 aromatic heterocycles. The number of rotatable bonds is 3. The summed E-state index contributed by atoms with van der Waals surface area (Å²) in [5, 5.41) is 4.05. The van der Waals surface area contributed by atoms with Crippen molar-refractivity contribution in [2.24, 2.45) is 5.73 Å². The van der Waals surface area contributed by atoms with Crippen LogP contribution in [0.3, 0.4) is 0 Å². The summed E-state index contributed by atoms with van der Waals surface area (Å²) in [6, 6.07) is 3.73. The van der Waals surface area contributed by atoms with E-state index in [-0.39, 0.29) is 22.7 Å². The Morgan fingerprint density at radius 2 is 2.12 bits per heavy atom. The number of sulfonamides is 1. The van der Waals surface area contributed by atoms with Gasteiger partial charge in [0.05, 0.1) is 11.1 Å². The molecule has 2 N–H and O–H groups in total. The van der Waals surface area contributed by atoms with Crippen LogP contribution in [0.25, 0.3) is 5.69 Å². The topological polar surface area (TPSA) is 81.2 Å². The van der Waals surface area contributed by atoms with E-state index in [1.807, 2.05) is 13.8 Å². The highest BCUT2D eigenvalue weighted by molar-refractivity contribution is 7.89. The van der Waals surface area contributed by atoms with Crippen molar-refractivity contribution in [2.75, 3.05) is 6.54 Å². The standard InChI is InChI=1S/C16H21FN4O2S/c1-11-9-19-20(10-11)16-4-3-14(8-15(16)17)24(22,23)21-6-5-13(18)7-12(21)2/h3-4,8-10,12-13H,5-7,18H2,1-2H3. The van der Waals surface area contributed by atoms with E-state index in [4.69, 9.17) is 5.73 Å². The molecule has 24 heavy (non-hydrogen) atoms. The van der Waals surface area contributed by atoms with E-state index in [0.29, 0.717) is 19.4 Å². The SMILES string of the molecule is Cc1cnn(-c2ccc(S(=O)(=O)N3CCC(N)CC3C)cc2F)c1. The molecule has 0 saturated carbocycles. The first kappa shape index (κ1) is 17.1. The zero-order valence-electron chi connectivity index (χ0n) is 13.7. The van der Waals surface area contributed by atoms with Crippen molar-refractivity contribution in [1.29, 1.82) is 0 Å². The van der Waals surface area contributed by atoms with Crippen molar-refractivity contribution < 1.29 is 12.8 Å². The molecular formula is C16H21FN4O2S. The lowest BCUT2D eigenvalue weighted by Gasteiger charge is -2.35. The molecule has 2 aromatic rings. The van der Waals surface area contributed by atoms with Gasteiger partial charge in [-0.05, 0) is 50.5 Å². The minimum Gasteiger partial charge on any atom is -0.328 e. The largest absolute Gasteiger partial charge is 0.328 e. The van der Waals surface area contributed by atoms with Crippen molar-refractivity contribution in [2.45, 2.75) is 43.7 Å². The number of hydrogen-bond acceptors (Lipinski definition) is 4. The lowest BCUT2D eigenvalue weighted by atomic mass is 10.0. The quantitative estimate of drug-likeness (QED) is 0.914. The molecule has 0 radical (unpaired) electrons. The van der Waals surface area contributed by atoms with Gasteiger partial charge in [0, 0.05) is 24.8 Å². The van der Waals surface area contributed by atoms with Crippen LogP contribution in [-0.4, -0.2) is 41.1 Å². The van der Waals surface area contributed by atoms with Gasteiger partial charge >= 0.3 is 0 Å². The number of nitrogens with zero attached hydrogens (tertiary/aromatic N) is 3. The number of halogens is 1. The molecule has 1 aliphatic rings. The summed E-state index contributed by atoms with van der Waals surface area (Å²) in [7, 11) is -3.74. The number of nitrogens with two attached hydrogens (primary N) is 1.